The second kappa shape index (κ2) is 6.29. The summed E-state index contributed by atoms with van der Waals surface area (Å²) in [5.74, 6) is 0.741. The van der Waals surface area contributed by atoms with Crippen molar-refractivity contribution in [3.05, 3.63) is 41.4 Å². The molecule has 0 aliphatic carbocycles. The molecule has 0 radical (unpaired) electrons. The molecule has 0 amide bonds. The molecule has 3 aromatic rings. The Morgan fingerprint density at radius 2 is 2.17 bits per heavy atom. The summed E-state index contributed by atoms with van der Waals surface area (Å²) < 4.78 is 33.0. The number of aryl methyl sites for hydroxylation is 1. The molecular weight excluding hydrogens is 352 g/mol. The van der Waals surface area contributed by atoms with E-state index in [2.05, 4.69) is 19.7 Å². The smallest absolute Gasteiger partial charge is 0.264 e. The zero-order valence-corrected chi connectivity index (χ0v) is 14.6. The molecule has 0 atom stereocenters. The number of nitrogens with one attached hydrogen (secondary N) is 2. The maximum Gasteiger partial charge on any atom is 0.264 e. The number of rotatable bonds is 5. The van der Waals surface area contributed by atoms with Crippen LogP contribution in [0.3, 0.4) is 0 Å². The molecule has 0 spiro atoms. The Hall–Kier alpha value is -2.32. The molecule has 2 heterocycles. The van der Waals surface area contributed by atoms with E-state index in [9.17, 15) is 8.42 Å². The number of benzene rings is 1. The van der Waals surface area contributed by atoms with Crippen LogP contribution in [0.4, 0.5) is 5.69 Å². The highest BCUT2D eigenvalue weighted by Gasteiger charge is 2.21. The average Bonchev–Trinajstić information content (AvgIpc) is 2.98. The van der Waals surface area contributed by atoms with Crippen molar-refractivity contribution in [3.63, 3.8) is 0 Å². The summed E-state index contributed by atoms with van der Waals surface area (Å²) in [5.41, 5.74) is 0.811. The zero-order chi connectivity index (χ0) is 17.3. The van der Waals surface area contributed by atoms with Crippen molar-refractivity contribution >= 4 is 38.2 Å². The molecule has 0 fully saturated rings. The number of hydrogen-bond acceptors (Lipinski definition) is 5. The number of anilines is 1. The van der Waals surface area contributed by atoms with Gasteiger partial charge in [-0.25, -0.2) is 13.4 Å². The lowest BCUT2D eigenvalue weighted by molar-refractivity contribution is 0.397. The molecule has 3 rings (SSSR count). The Morgan fingerprint density at radius 3 is 2.88 bits per heavy atom. The standard InChI is InChI=1S/C15H15ClN4O3S/c1-3-14-18-7-12(15(19-14)23-2)20-24(21,22)13-8-17-11-6-9(16)4-5-10(11)13/h4-8,17,20H,3H2,1-2H3. The monoisotopic (exact) mass is 366 g/mol. The molecule has 0 saturated carbocycles. The molecule has 0 saturated heterocycles. The Labute approximate surface area is 144 Å². The van der Waals surface area contributed by atoms with Gasteiger partial charge in [0.2, 0.25) is 5.88 Å². The van der Waals surface area contributed by atoms with Crippen LogP contribution in [0.2, 0.25) is 5.02 Å². The summed E-state index contributed by atoms with van der Waals surface area (Å²) in [6.07, 6.45) is 3.43. The van der Waals surface area contributed by atoms with Crippen LogP contribution in [-0.2, 0) is 16.4 Å². The SMILES string of the molecule is CCc1ncc(NS(=O)(=O)c2c[nH]c3cc(Cl)ccc23)c(OC)n1. The van der Waals surface area contributed by atoms with Crippen LogP contribution in [0.15, 0.2) is 35.5 Å². The lowest BCUT2D eigenvalue weighted by Gasteiger charge is -2.11. The van der Waals surface area contributed by atoms with E-state index < -0.39 is 10.0 Å². The highest BCUT2D eigenvalue weighted by atomic mass is 35.5. The summed E-state index contributed by atoms with van der Waals surface area (Å²) in [7, 11) is -2.42. The van der Waals surface area contributed by atoms with Gasteiger partial charge in [-0.05, 0) is 18.2 Å². The summed E-state index contributed by atoms with van der Waals surface area (Å²) in [5, 5.41) is 1.06. The number of aromatic amines is 1. The minimum Gasteiger partial charge on any atom is -0.479 e. The van der Waals surface area contributed by atoms with Crippen LogP contribution in [0, 0.1) is 0 Å². The normalized spacial score (nSPS) is 11.6. The van der Waals surface area contributed by atoms with Gasteiger partial charge in [0.05, 0.1) is 13.3 Å². The van der Waals surface area contributed by atoms with Gasteiger partial charge in [-0.2, -0.15) is 4.98 Å². The fraction of sp³-hybridized carbons (Fsp3) is 0.200. The van der Waals surface area contributed by atoms with Gasteiger partial charge in [0, 0.05) is 28.5 Å². The third-order valence-electron chi connectivity index (χ3n) is 3.45. The van der Waals surface area contributed by atoms with Crippen LogP contribution >= 0.6 is 11.6 Å². The lowest BCUT2D eigenvalue weighted by atomic mass is 10.2. The van der Waals surface area contributed by atoms with Crippen molar-refractivity contribution in [1.82, 2.24) is 15.0 Å². The van der Waals surface area contributed by atoms with E-state index in [1.807, 2.05) is 6.92 Å². The predicted molar refractivity (Wildman–Crippen MR) is 92.1 cm³/mol. The Bertz CT molecular complexity index is 1000. The first-order valence-corrected chi connectivity index (χ1v) is 9.00. The first-order valence-electron chi connectivity index (χ1n) is 7.14. The number of fused-ring (bicyclic) bond motifs is 1. The maximum atomic E-state index is 12.7. The Kier molecular flexibility index (Phi) is 4.33. The van der Waals surface area contributed by atoms with E-state index in [1.54, 1.807) is 18.2 Å². The molecule has 0 aliphatic rings. The summed E-state index contributed by atoms with van der Waals surface area (Å²) in [6, 6.07) is 4.95. The highest BCUT2D eigenvalue weighted by Crippen LogP contribution is 2.29. The van der Waals surface area contributed by atoms with Crippen LogP contribution < -0.4 is 9.46 Å². The van der Waals surface area contributed by atoms with Gasteiger partial charge in [0.15, 0.2) is 0 Å². The van der Waals surface area contributed by atoms with E-state index in [4.69, 9.17) is 16.3 Å². The third-order valence-corrected chi connectivity index (χ3v) is 5.09. The molecule has 0 unspecified atom stereocenters. The Morgan fingerprint density at radius 1 is 1.38 bits per heavy atom. The van der Waals surface area contributed by atoms with Gasteiger partial charge in [0.1, 0.15) is 16.4 Å². The highest BCUT2D eigenvalue weighted by molar-refractivity contribution is 7.93. The number of nitrogens with zero attached hydrogens (tertiary/aromatic N) is 2. The molecule has 9 heteroatoms. The van der Waals surface area contributed by atoms with Crippen molar-refractivity contribution in [1.29, 1.82) is 0 Å². The largest absolute Gasteiger partial charge is 0.479 e. The Balaban J connectivity index is 2.02. The summed E-state index contributed by atoms with van der Waals surface area (Å²) >= 11 is 5.92. The lowest BCUT2D eigenvalue weighted by Crippen LogP contribution is -2.14. The molecule has 1 aromatic carbocycles. The van der Waals surface area contributed by atoms with E-state index in [0.29, 0.717) is 28.2 Å². The van der Waals surface area contributed by atoms with Crippen molar-refractivity contribution < 1.29 is 13.2 Å². The van der Waals surface area contributed by atoms with E-state index in [-0.39, 0.29) is 16.5 Å². The number of hydrogen-bond donors (Lipinski definition) is 2. The molecule has 2 aromatic heterocycles. The average molecular weight is 367 g/mol. The number of aromatic nitrogens is 3. The molecule has 0 aliphatic heterocycles. The van der Waals surface area contributed by atoms with Gasteiger partial charge >= 0.3 is 0 Å². The van der Waals surface area contributed by atoms with Crippen LogP contribution in [0.25, 0.3) is 10.9 Å². The van der Waals surface area contributed by atoms with Gasteiger partial charge in [-0.1, -0.05) is 18.5 Å². The van der Waals surface area contributed by atoms with Crippen LogP contribution in [-0.4, -0.2) is 30.5 Å². The fourth-order valence-electron chi connectivity index (χ4n) is 2.29. The fourth-order valence-corrected chi connectivity index (χ4v) is 3.68. The zero-order valence-electron chi connectivity index (χ0n) is 13.0. The van der Waals surface area contributed by atoms with Crippen molar-refractivity contribution in [3.8, 4) is 5.88 Å². The molecule has 0 bridgehead atoms. The number of H-pyrrole nitrogens is 1. The van der Waals surface area contributed by atoms with Crippen LogP contribution in [0.5, 0.6) is 5.88 Å². The van der Waals surface area contributed by atoms with Gasteiger partial charge in [0.25, 0.3) is 10.0 Å². The van der Waals surface area contributed by atoms with Crippen molar-refractivity contribution in [2.24, 2.45) is 0 Å². The molecule has 24 heavy (non-hydrogen) atoms. The minimum absolute atomic E-state index is 0.107. The topological polar surface area (TPSA) is 97.0 Å². The van der Waals surface area contributed by atoms with Gasteiger partial charge < -0.3 is 9.72 Å². The third kappa shape index (κ3) is 3.02. The first kappa shape index (κ1) is 16.5. The number of sulfonamides is 1. The van der Waals surface area contributed by atoms with Crippen molar-refractivity contribution in [2.75, 3.05) is 11.8 Å². The van der Waals surface area contributed by atoms with E-state index in [1.165, 1.54) is 19.5 Å². The predicted octanol–water partition coefficient (Wildman–Crippen LogP) is 2.98. The minimum atomic E-state index is -3.85. The second-order valence-electron chi connectivity index (χ2n) is 5.01. The molecule has 7 nitrogen and oxygen atoms in total. The molecule has 126 valence electrons. The number of methoxy groups -OCH3 is 1. The van der Waals surface area contributed by atoms with Gasteiger partial charge in [-0.15, -0.1) is 0 Å². The van der Waals surface area contributed by atoms with E-state index in [0.717, 1.165) is 0 Å². The second-order valence-corrected chi connectivity index (χ2v) is 7.10. The van der Waals surface area contributed by atoms with Crippen LogP contribution in [0.1, 0.15) is 12.7 Å². The number of ether oxygens (including phenoxy) is 1. The molecule has 2 N–H and O–H groups in total. The summed E-state index contributed by atoms with van der Waals surface area (Å²) in [6.45, 7) is 1.90. The molecular formula is C15H15ClN4O3S. The van der Waals surface area contributed by atoms with E-state index >= 15 is 0 Å². The number of halogens is 1. The van der Waals surface area contributed by atoms with Gasteiger partial charge in [-0.3, -0.25) is 4.72 Å². The summed E-state index contributed by atoms with van der Waals surface area (Å²) in [4.78, 5) is 11.3. The quantitative estimate of drug-likeness (QED) is 0.723. The maximum absolute atomic E-state index is 12.7. The first-order chi connectivity index (χ1) is 11.4. The van der Waals surface area contributed by atoms with Crippen molar-refractivity contribution in [2.45, 2.75) is 18.2 Å².